The third-order valence-electron chi connectivity index (χ3n) is 1.36. The fourth-order valence-electron chi connectivity index (χ4n) is 0.792. The molecule has 0 amide bonds. The van der Waals surface area contributed by atoms with Crippen LogP contribution in [-0.4, -0.2) is 12.1 Å². The largest absolute Gasteiger partial charge is 0.493 e. The maximum atomic E-state index is 12.7. The Labute approximate surface area is 62.8 Å². The number of hydrogen-bond acceptors (Lipinski definition) is 2. The SMILES string of the molecule is COc1c(F)cnc(F)c1C. The van der Waals surface area contributed by atoms with Gasteiger partial charge in [-0.1, -0.05) is 0 Å². The van der Waals surface area contributed by atoms with Gasteiger partial charge in [-0.3, -0.25) is 0 Å². The van der Waals surface area contributed by atoms with Crippen molar-refractivity contribution in [3.05, 3.63) is 23.5 Å². The molecule has 1 rings (SSSR count). The molecule has 0 unspecified atom stereocenters. The summed E-state index contributed by atoms with van der Waals surface area (Å²) in [6, 6.07) is 0. The van der Waals surface area contributed by atoms with Gasteiger partial charge in [0.2, 0.25) is 5.95 Å². The molecule has 0 aromatic carbocycles. The number of hydrogen-bond donors (Lipinski definition) is 0. The average molecular weight is 159 g/mol. The fourth-order valence-corrected chi connectivity index (χ4v) is 0.792. The Morgan fingerprint density at radius 3 is 2.55 bits per heavy atom. The number of pyridine rings is 1. The Balaban J connectivity index is 3.29. The van der Waals surface area contributed by atoms with Gasteiger partial charge in [0.15, 0.2) is 11.6 Å². The minimum Gasteiger partial charge on any atom is -0.493 e. The van der Waals surface area contributed by atoms with Crippen LogP contribution in [0.5, 0.6) is 5.75 Å². The van der Waals surface area contributed by atoms with Crippen LogP contribution < -0.4 is 4.74 Å². The van der Waals surface area contributed by atoms with Crippen molar-refractivity contribution in [2.45, 2.75) is 6.92 Å². The maximum absolute atomic E-state index is 12.7. The van der Waals surface area contributed by atoms with Crippen LogP contribution in [-0.2, 0) is 0 Å². The smallest absolute Gasteiger partial charge is 0.219 e. The van der Waals surface area contributed by atoms with E-state index in [0.29, 0.717) is 0 Å². The van der Waals surface area contributed by atoms with Gasteiger partial charge in [0.05, 0.1) is 13.3 Å². The van der Waals surface area contributed by atoms with E-state index in [-0.39, 0.29) is 11.3 Å². The quantitative estimate of drug-likeness (QED) is 0.581. The first-order chi connectivity index (χ1) is 5.16. The summed E-state index contributed by atoms with van der Waals surface area (Å²) < 4.78 is 29.9. The van der Waals surface area contributed by atoms with E-state index in [2.05, 4.69) is 9.72 Å². The number of halogens is 2. The lowest BCUT2D eigenvalue weighted by Crippen LogP contribution is -1.97. The van der Waals surface area contributed by atoms with E-state index in [0.717, 1.165) is 6.20 Å². The highest BCUT2D eigenvalue weighted by molar-refractivity contribution is 5.31. The standard InChI is InChI=1S/C7H7F2NO/c1-4-6(11-2)5(8)3-10-7(4)9/h3H,1-2H3. The van der Waals surface area contributed by atoms with Crippen molar-refractivity contribution in [3.63, 3.8) is 0 Å². The predicted octanol–water partition coefficient (Wildman–Crippen LogP) is 1.68. The van der Waals surface area contributed by atoms with Crippen molar-refractivity contribution in [3.8, 4) is 5.75 Å². The van der Waals surface area contributed by atoms with Crippen molar-refractivity contribution >= 4 is 0 Å². The zero-order valence-corrected chi connectivity index (χ0v) is 6.19. The van der Waals surface area contributed by atoms with Gasteiger partial charge in [-0.15, -0.1) is 0 Å². The molecule has 0 N–H and O–H groups in total. The molecule has 0 spiro atoms. The first kappa shape index (κ1) is 7.91. The van der Waals surface area contributed by atoms with Crippen LogP contribution >= 0.6 is 0 Å². The molecule has 1 aromatic rings. The van der Waals surface area contributed by atoms with E-state index in [1.165, 1.54) is 14.0 Å². The summed E-state index contributed by atoms with van der Waals surface area (Å²) in [5.74, 6) is -1.44. The van der Waals surface area contributed by atoms with E-state index in [1.54, 1.807) is 0 Å². The maximum Gasteiger partial charge on any atom is 0.219 e. The summed E-state index contributed by atoms with van der Waals surface area (Å²) >= 11 is 0. The van der Waals surface area contributed by atoms with Gasteiger partial charge in [0, 0.05) is 5.56 Å². The molecule has 0 atom stereocenters. The molecule has 0 aliphatic carbocycles. The van der Waals surface area contributed by atoms with Gasteiger partial charge < -0.3 is 4.74 Å². The third kappa shape index (κ3) is 1.29. The molecule has 60 valence electrons. The van der Waals surface area contributed by atoms with Crippen LogP contribution in [0.15, 0.2) is 6.20 Å². The number of nitrogens with zero attached hydrogens (tertiary/aromatic N) is 1. The molecular weight excluding hydrogens is 152 g/mol. The number of methoxy groups -OCH3 is 1. The van der Waals surface area contributed by atoms with E-state index >= 15 is 0 Å². The molecule has 4 heteroatoms. The molecule has 0 saturated heterocycles. The van der Waals surface area contributed by atoms with Gasteiger partial charge in [-0.2, -0.15) is 4.39 Å². The van der Waals surface area contributed by atoms with E-state index in [4.69, 9.17) is 0 Å². The van der Waals surface area contributed by atoms with Gasteiger partial charge in [-0.25, -0.2) is 9.37 Å². The first-order valence-electron chi connectivity index (χ1n) is 3.01. The second-order valence-corrected chi connectivity index (χ2v) is 2.06. The molecule has 0 saturated carbocycles. The van der Waals surface area contributed by atoms with Gasteiger partial charge in [0.1, 0.15) is 0 Å². The zero-order chi connectivity index (χ0) is 8.43. The summed E-state index contributed by atoms with van der Waals surface area (Å²) in [4.78, 5) is 3.17. The number of rotatable bonds is 1. The van der Waals surface area contributed by atoms with E-state index < -0.39 is 11.8 Å². The van der Waals surface area contributed by atoms with E-state index in [9.17, 15) is 8.78 Å². The second-order valence-electron chi connectivity index (χ2n) is 2.06. The van der Waals surface area contributed by atoms with E-state index in [1.807, 2.05) is 0 Å². The van der Waals surface area contributed by atoms with Crippen molar-refractivity contribution in [1.82, 2.24) is 4.98 Å². The van der Waals surface area contributed by atoms with Crippen LogP contribution in [0.1, 0.15) is 5.56 Å². The van der Waals surface area contributed by atoms with Crippen LogP contribution in [0, 0.1) is 18.7 Å². The molecule has 1 heterocycles. The van der Waals surface area contributed by atoms with Crippen LogP contribution in [0.2, 0.25) is 0 Å². The van der Waals surface area contributed by atoms with Crippen LogP contribution in [0.4, 0.5) is 8.78 Å². The summed E-state index contributed by atoms with van der Waals surface area (Å²) in [5.41, 5.74) is 0.0903. The topological polar surface area (TPSA) is 22.1 Å². The minimum atomic E-state index is -0.705. The Bertz CT molecular complexity index is 275. The lowest BCUT2D eigenvalue weighted by Gasteiger charge is -2.04. The van der Waals surface area contributed by atoms with Gasteiger partial charge in [-0.05, 0) is 6.92 Å². The predicted molar refractivity (Wildman–Crippen MR) is 35.4 cm³/mol. The second kappa shape index (κ2) is 2.82. The van der Waals surface area contributed by atoms with Gasteiger partial charge >= 0.3 is 0 Å². The normalized spacial score (nSPS) is 9.82. The van der Waals surface area contributed by atoms with Crippen molar-refractivity contribution in [1.29, 1.82) is 0 Å². The molecule has 0 aliphatic rings. The Kier molecular flexibility index (Phi) is 2.03. The molecule has 0 aliphatic heterocycles. The molecule has 1 aromatic heterocycles. The average Bonchev–Trinajstić information content (AvgIpc) is 1.99. The highest BCUT2D eigenvalue weighted by Gasteiger charge is 2.10. The highest BCUT2D eigenvalue weighted by Crippen LogP contribution is 2.21. The Hall–Kier alpha value is -1.19. The van der Waals surface area contributed by atoms with Crippen molar-refractivity contribution in [2.75, 3.05) is 7.11 Å². The summed E-state index contributed by atoms with van der Waals surface area (Å²) in [6.45, 7) is 1.41. The third-order valence-corrected chi connectivity index (χ3v) is 1.36. The van der Waals surface area contributed by atoms with Crippen molar-refractivity contribution < 1.29 is 13.5 Å². The Morgan fingerprint density at radius 2 is 2.09 bits per heavy atom. The lowest BCUT2D eigenvalue weighted by molar-refractivity contribution is 0.374. The summed E-state index contributed by atoms with van der Waals surface area (Å²) in [5, 5.41) is 0. The molecule has 0 radical (unpaired) electrons. The zero-order valence-electron chi connectivity index (χ0n) is 6.19. The number of ether oxygens (including phenoxy) is 1. The first-order valence-corrected chi connectivity index (χ1v) is 3.01. The molecular formula is C7H7F2NO. The molecule has 2 nitrogen and oxygen atoms in total. The Morgan fingerprint density at radius 1 is 1.45 bits per heavy atom. The highest BCUT2D eigenvalue weighted by atomic mass is 19.1. The molecule has 11 heavy (non-hydrogen) atoms. The number of aromatic nitrogens is 1. The summed E-state index contributed by atoms with van der Waals surface area (Å²) in [6.07, 6.45) is 0.793. The monoisotopic (exact) mass is 159 g/mol. The lowest BCUT2D eigenvalue weighted by atomic mass is 10.3. The molecule has 0 bridgehead atoms. The van der Waals surface area contributed by atoms with Crippen molar-refractivity contribution in [2.24, 2.45) is 0 Å². The van der Waals surface area contributed by atoms with Crippen LogP contribution in [0.25, 0.3) is 0 Å². The summed E-state index contributed by atoms with van der Waals surface area (Å²) in [7, 11) is 1.28. The fraction of sp³-hybridized carbons (Fsp3) is 0.286. The van der Waals surface area contributed by atoms with Gasteiger partial charge in [0.25, 0.3) is 0 Å². The minimum absolute atomic E-state index is 0.0856. The molecule has 0 fully saturated rings. The van der Waals surface area contributed by atoms with Crippen LogP contribution in [0.3, 0.4) is 0 Å².